The first-order chi connectivity index (χ1) is 14.4. The van der Waals surface area contributed by atoms with Crippen LogP contribution < -0.4 is 21.1 Å². The zero-order valence-corrected chi connectivity index (χ0v) is 16.6. The van der Waals surface area contributed by atoms with Crippen molar-refractivity contribution in [2.45, 2.75) is 18.0 Å². The Bertz CT molecular complexity index is 1120. The molecule has 0 aliphatic carbocycles. The molecule has 156 valence electrons. The summed E-state index contributed by atoms with van der Waals surface area (Å²) in [5.41, 5.74) is 7.12. The summed E-state index contributed by atoms with van der Waals surface area (Å²) in [6.07, 6.45) is 3.28. The lowest BCUT2D eigenvalue weighted by molar-refractivity contribution is 0.251. The summed E-state index contributed by atoms with van der Waals surface area (Å²) in [6.45, 7) is 0.253. The van der Waals surface area contributed by atoms with E-state index < -0.39 is 21.9 Å². The molecule has 0 aliphatic heterocycles. The number of carbonyl (C=O) groups is 1. The molecule has 0 radical (unpaired) electrons. The zero-order chi connectivity index (χ0) is 21.6. The van der Waals surface area contributed by atoms with Gasteiger partial charge in [-0.2, -0.15) is 0 Å². The van der Waals surface area contributed by atoms with E-state index in [1.807, 2.05) is 6.07 Å². The fourth-order valence-corrected chi connectivity index (χ4v) is 3.64. The Kier molecular flexibility index (Phi) is 6.60. The van der Waals surface area contributed by atoms with Gasteiger partial charge in [0.05, 0.1) is 4.90 Å². The van der Waals surface area contributed by atoms with Gasteiger partial charge in [0.2, 0.25) is 0 Å². The minimum absolute atomic E-state index is 0.0116. The molecule has 0 atom stereocenters. The van der Waals surface area contributed by atoms with Gasteiger partial charge in [-0.25, -0.2) is 17.6 Å². The first-order valence-electron chi connectivity index (χ1n) is 8.92. The van der Waals surface area contributed by atoms with Gasteiger partial charge >= 0.3 is 6.03 Å². The van der Waals surface area contributed by atoms with Crippen LogP contribution in [0.5, 0.6) is 0 Å². The second kappa shape index (κ2) is 9.33. The van der Waals surface area contributed by atoms with Crippen molar-refractivity contribution in [1.82, 2.24) is 10.3 Å². The fraction of sp³-hybridized carbons (Fsp3) is 0.100. The number of hydrogen-bond acceptors (Lipinski definition) is 5. The molecule has 3 rings (SSSR count). The van der Waals surface area contributed by atoms with Crippen LogP contribution in [0.15, 0.2) is 71.9 Å². The minimum Gasteiger partial charge on any atom is -0.334 e. The summed E-state index contributed by atoms with van der Waals surface area (Å²) in [4.78, 5) is 15.9. The lowest BCUT2D eigenvalue weighted by Crippen LogP contribution is -2.28. The van der Waals surface area contributed by atoms with Crippen molar-refractivity contribution in [3.05, 3.63) is 83.9 Å². The highest BCUT2D eigenvalue weighted by atomic mass is 32.2. The molecule has 0 bridgehead atoms. The van der Waals surface area contributed by atoms with Crippen molar-refractivity contribution in [3.8, 4) is 0 Å². The number of aromatic nitrogens is 1. The van der Waals surface area contributed by atoms with Crippen LogP contribution in [-0.4, -0.2) is 19.4 Å². The molecule has 10 heteroatoms. The Morgan fingerprint density at radius 2 is 1.80 bits per heavy atom. The van der Waals surface area contributed by atoms with Crippen molar-refractivity contribution >= 4 is 27.4 Å². The van der Waals surface area contributed by atoms with Gasteiger partial charge < -0.3 is 16.4 Å². The lowest BCUT2D eigenvalue weighted by Gasteiger charge is -2.11. The van der Waals surface area contributed by atoms with Gasteiger partial charge in [-0.1, -0.05) is 6.07 Å². The van der Waals surface area contributed by atoms with Crippen LogP contribution in [0.25, 0.3) is 0 Å². The Balaban J connectivity index is 1.62. The summed E-state index contributed by atoms with van der Waals surface area (Å²) >= 11 is 0. The predicted octanol–water partition coefficient (Wildman–Crippen LogP) is 2.80. The molecule has 0 aliphatic rings. The van der Waals surface area contributed by atoms with Crippen LogP contribution in [0.1, 0.15) is 11.1 Å². The molecular formula is C20H20FN5O3S. The number of nitrogens with one attached hydrogen (secondary N) is 3. The number of amides is 2. The lowest BCUT2D eigenvalue weighted by atomic mass is 10.2. The van der Waals surface area contributed by atoms with Crippen molar-refractivity contribution in [2.75, 3.05) is 10.0 Å². The molecule has 1 heterocycles. The average molecular weight is 429 g/mol. The van der Waals surface area contributed by atoms with Gasteiger partial charge in [0.1, 0.15) is 5.82 Å². The molecule has 0 saturated heterocycles. The van der Waals surface area contributed by atoms with E-state index in [-0.39, 0.29) is 22.7 Å². The maximum Gasteiger partial charge on any atom is 0.319 e. The van der Waals surface area contributed by atoms with Gasteiger partial charge in [-0.15, -0.1) is 0 Å². The highest BCUT2D eigenvalue weighted by molar-refractivity contribution is 7.92. The highest BCUT2D eigenvalue weighted by Crippen LogP contribution is 2.20. The number of sulfonamides is 1. The number of urea groups is 1. The number of halogens is 1. The molecule has 0 saturated carbocycles. The second-order valence-corrected chi connectivity index (χ2v) is 7.99. The number of hydrogen-bond donors (Lipinski definition) is 4. The molecule has 1 aromatic heterocycles. The number of rotatable bonds is 7. The van der Waals surface area contributed by atoms with Crippen molar-refractivity contribution in [3.63, 3.8) is 0 Å². The maximum atomic E-state index is 13.5. The van der Waals surface area contributed by atoms with Gasteiger partial charge in [0.15, 0.2) is 0 Å². The van der Waals surface area contributed by atoms with Crippen LogP contribution >= 0.6 is 0 Å². The van der Waals surface area contributed by atoms with E-state index in [0.717, 1.165) is 11.6 Å². The van der Waals surface area contributed by atoms with Crippen molar-refractivity contribution in [2.24, 2.45) is 5.73 Å². The second-order valence-electron chi connectivity index (χ2n) is 6.31. The standard InChI is InChI=1S/C20H20FN5O3S/c21-19-8-5-17(10-15(19)11-22)26-30(28,29)18-6-3-16(4-7-18)25-20(27)24-13-14-2-1-9-23-12-14/h1-10,12,26H,11,13,22H2,(H2,24,25,27). The highest BCUT2D eigenvalue weighted by Gasteiger charge is 2.15. The van der Waals surface area contributed by atoms with Crippen LogP contribution in [0.2, 0.25) is 0 Å². The Morgan fingerprint density at radius 3 is 2.47 bits per heavy atom. The minimum atomic E-state index is -3.89. The van der Waals surface area contributed by atoms with Gasteiger partial charge in [-0.05, 0) is 54.1 Å². The Hall–Kier alpha value is -3.50. The van der Waals surface area contributed by atoms with E-state index in [4.69, 9.17) is 5.73 Å². The van der Waals surface area contributed by atoms with Gasteiger partial charge in [0.25, 0.3) is 10.0 Å². The molecule has 2 amide bonds. The molecular weight excluding hydrogens is 409 g/mol. The number of nitrogens with zero attached hydrogens (tertiary/aromatic N) is 1. The predicted molar refractivity (Wildman–Crippen MR) is 112 cm³/mol. The summed E-state index contributed by atoms with van der Waals surface area (Å²) in [7, 11) is -3.89. The van der Waals surface area contributed by atoms with E-state index >= 15 is 0 Å². The normalized spacial score (nSPS) is 11.0. The van der Waals surface area contributed by atoms with E-state index in [9.17, 15) is 17.6 Å². The molecule has 0 unspecified atom stereocenters. The van der Waals surface area contributed by atoms with Crippen LogP contribution in [0.4, 0.5) is 20.6 Å². The molecule has 3 aromatic rings. The summed E-state index contributed by atoms with van der Waals surface area (Å²) in [5.74, 6) is -0.502. The summed E-state index contributed by atoms with van der Waals surface area (Å²) < 4.78 is 41.0. The van der Waals surface area contributed by atoms with E-state index in [0.29, 0.717) is 12.2 Å². The van der Waals surface area contributed by atoms with Gasteiger partial charge in [0, 0.05) is 42.4 Å². The van der Waals surface area contributed by atoms with Crippen LogP contribution in [-0.2, 0) is 23.1 Å². The summed E-state index contributed by atoms with van der Waals surface area (Å²) in [6, 6.07) is 12.6. The average Bonchev–Trinajstić information content (AvgIpc) is 2.74. The van der Waals surface area contributed by atoms with Crippen LogP contribution in [0, 0.1) is 5.82 Å². The third kappa shape index (κ3) is 5.52. The number of benzene rings is 2. The van der Waals surface area contributed by atoms with E-state index in [2.05, 4.69) is 20.3 Å². The quantitative estimate of drug-likeness (QED) is 0.459. The zero-order valence-electron chi connectivity index (χ0n) is 15.8. The first kappa shape index (κ1) is 21.2. The largest absolute Gasteiger partial charge is 0.334 e. The van der Waals surface area contributed by atoms with E-state index in [1.165, 1.54) is 36.4 Å². The van der Waals surface area contributed by atoms with Crippen molar-refractivity contribution in [1.29, 1.82) is 0 Å². The molecule has 5 N–H and O–H groups in total. The monoisotopic (exact) mass is 429 g/mol. The third-order valence-electron chi connectivity index (χ3n) is 4.12. The van der Waals surface area contributed by atoms with Crippen molar-refractivity contribution < 1.29 is 17.6 Å². The van der Waals surface area contributed by atoms with E-state index in [1.54, 1.807) is 18.5 Å². The Labute approximate surface area is 173 Å². The molecule has 8 nitrogen and oxygen atoms in total. The third-order valence-corrected chi connectivity index (χ3v) is 5.51. The fourth-order valence-electron chi connectivity index (χ4n) is 2.59. The summed E-state index contributed by atoms with van der Waals surface area (Å²) in [5, 5.41) is 5.30. The molecule has 2 aromatic carbocycles. The first-order valence-corrected chi connectivity index (χ1v) is 10.4. The number of pyridine rings is 1. The number of anilines is 2. The molecule has 30 heavy (non-hydrogen) atoms. The number of carbonyl (C=O) groups excluding carboxylic acids is 1. The maximum absolute atomic E-state index is 13.5. The smallest absolute Gasteiger partial charge is 0.319 e. The van der Waals surface area contributed by atoms with Crippen LogP contribution in [0.3, 0.4) is 0 Å². The molecule has 0 spiro atoms. The van der Waals surface area contributed by atoms with Gasteiger partial charge in [-0.3, -0.25) is 9.71 Å². The Morgan fingerprint density at radius 1 is 1.07 bits per heavy atom. The molecule has 0 fully saturated rings. The SMILES string of the molecule is NCc1cc(NS(=O)(=O)c2ccc(NC(=O)NCc3cccnc3)cc2)ccc1F. The topological polar surface area (TPSA) is 126 Å². The number of nitrogens with two attached hydrogens (primary N) is 1.